The van der Waals surface area contributed by atoms with Crippen molar-refractivity contribution in [2.45, 2.75) is 51.6 Å². The third kappa shape index (κ3) is 4.10. The summed E-state index contributed by atoms with van der Waals surface area (Å²) in [5.74, 6) is -0.318. The number of quaternary nitrogens is 1. The summed E-state index contributed by atoms with van der Waals surface area (Å²) in [6.07, 6.45) is 1.40. The van der Waals surface area contributed by atoms with Crippen LogP contribution in [0.3, 0.4) is 0 Å². The van der Waals surface area contributed by atoms with Gasteiger partial charge in [0.2, 0.25) is 0 Å². The molecule has 0 radical (unpaired) electrons. The Bertz CT molecular complexity index is 658. The minimum Gasteiger partial charge on any atom is -0.328 e. The predicted molar refractivity (Wildman–Crippen MR) is 109 cm³/mol. The highest BCUT2D eigenvalue weighted by Crippen LogP contribution is 2.27. The van der Waals surface area contributed by atoms with Gasteiger partial charge in [-0.25, -0.2) is 9.59 Å². The highest BCUT2D eigenvalue weighted by Gasteiger charge is 2.50. The van der Waals surface area contributed by atoms with E-state index in [1.165, 1.54) is 19.6 Å². The van der Waals surface area contributed by atoms with Crippen molar-refractivity contribution in [3.05, 3.63) is 0 Å². The van der Waals surface area contributed by atoms with Crippen LogP contribution in [0, 0.1) is 0 Å². The third-order valence-electron chi connectivity index (χ3n) is 6.54. The molecule has 29 heavy (non-hydrogen) atoms. The number of carbonyl (C=O) groups is 4. The molecule has 0 aliphatic carbocycles. The molecule has 2 heterocycles. The minimum atomic E-state index is -0.794. The second-order valence-corrected chi connectivity index (χ2v) is 9.80. The molecule has 2 fully saturated rings. The Kier molecular flexibility index (Phi) is 6.05. The summed E-state index contributed by atoms with van der Waals surface area (Å²) >= 11 is 0. The zero-order valence-corrected chi connectivity index (χ0v) is 19.1. The largest absolute Gasteiger partial charge is 0.328 e. The average molecular weight is 411 g/mol. The van der Waals surface area contributed by atoms with Gasteiger partial charge < -0.3 is 14.3 Å². The van der Waals surface area contributed by atoms with Crippen molar-refractivity contribution >= 4 is 23.9 Å². The smallest absolute Gasteiger partial charge is 0.327 e. The van der Waals surface area contributed by atoms with E-state index >= 15 is 0 Å². The van der Waals surface area contributed by atoms with Gasteiger partial charge in [-0.2, -0.15) is 0 Å². The number of urea groups is 2. The van der Waals surface area contributed by atoms with Crippen LogP contribution in [0.5, 0.6) is 0 Å². The predicted octanol–water partition coefficient (Wildman–Crippen LogP) is 1.19. The van der Waals surface area contributed by atoms with Crippen LogP contribution in [0.15, 0.2) is 0 Å². The Morgan fingerprint density at radius 2 is 1.00 bits per heavy atom. The van der Waals surface area contributed by atoms with Crippen LogP contribution in [-0.4, -0.2) is 113 Å². The van der Waals surface area contributed by atoms with Crippen molar-refractivity contribution in [1.82, 2.24) is 19.6 Å². The molecular formula is C20H36N5O4+. The molecule has 164 valence electrons. The first kappa shape index (κ1) is 23.1. The Labute approximate surface area is 173 Å². The van der Waals surface area contributed by atoms with Crippen molar-refractivity contribution in [3.63, 3.8) is 0 Å². The van der Waals surface area contributed by atoms with E-state index in [9.17, 15) is 19.2 Å². The maximum atomic E-state index is 12.4. The molecule has 2 aliphatic heterocycles. The lowest BCUT2D eigenvalue weighted by atomic mass is 10.1. The number of rotatable bonds is 8. The zero-order chi connectivity index (χ0) is 22.4. The zero-order valence-electron chi connectivity index (χ0n) is 19.1. The van der Waals surface area contributed by atoms with Crippen molar-refractivity contribution < 1.29 is 23.7 Å². The first-order valence-electron chi connectivity index (χ1n) is 10.2. The molecule has 0 aromatic carbocycles. The maximum absolute atomic E-state index is 12.4. The van der Waals surface area contributed by atoms with E-state index in [1.54, 1.807) is 41.8 Å². The van der Waals surface area contributed by atoms with E-state index < -0.39 is 11.1 Å². The minimum absolute atomic E-state index is 0.159. The molecule has 0 aromatic rings. The molecule has 0 atom stereocenters. The molecule has 9 nitrogen and oxygen atoms in total. The second-order valence-electron chi connectivity index (χ2n) is 9.80. The lowest BCUT2D eigenvalue weighted by Gasteiger charge is -2.31. The van der Waals surface area contributed by atoms with E-state index in [-0.39, 0.29) is 23.9 Å². The quantitative estimate of drug-likeness (QED) is 0.445. The van der Waals surface area contributed by atoms with E-state index in [4.69, 9.17) is 0 Å². The Hall–Kier alpha value is -2.16. The first-order valence-corrected chi connectivity index (χ1v) is 10.2. The van der Waals surface area contributed by atoms with Gasteiger partial charge in [-0.3, -0.25) is 19.4 Å². The first-order chi connectivity index (χ1) is 13.1. The number of imide groups is 2. The molecule has 2 aliphatic rings. The summed E-state index contributed by atoms with van der Waals surface area (Å²) in [7, 11) is 7.46. The molecule has 2 saturated heterocycles. The van der Waals surface area contributed by atoms with Crippen LogP contribution in [0.4, 0.5) is 9.59 Å². The number of likely N-dealkylation sites (N-methyl/N-ethyl adjacent to an activating group) is 2. The molecule has 0 N–H and O–H groups in total. The topological polar surface area (TPSA) is 81.2 Å². The molecule has 0 saturated carbocycles. The van der Waals surface area contributed by atoms with E-state index in [0.29, 0.717) is 30.4 Å². The molecule has 0 aromatic heterocycles. The Morgan fingerprint density at radius 3 is 1.24 bits per heavy atom. The lowest BCUT2D eigenvalue weighted by Crippen LogP contribution is -2.45. The van der Waals surface area contributed by atoms with Gasteiger partial charge in [-0.05, 0) is 27.7 Å². The number of amides is 6. The van der Waals surface area contributed by atoms with Gasteiger partial charge in [0.05, 0.1) is 27.2 Å². The van der Waals surface area contributed by atoms with Gasteiger partial charge in [-0.15, -0.1) is 0 Å². The molecule has 0 bridgehead atoms. The van der Waals surface area contributed by atoms with Gasteiger partial charge in [0.15, 0.2) is 0 Å². The van der Waals surface area contributed by atoms with E-state index in [2.05, 4.69) is 14.1 Å². The van der Waals surface area contributed by atoms with Crippen LogP contribution in [0.25, 0.3) is 0 Å². The van der Waals surface area contributed by atoms with Crippen LogP contribution in [0.2, 0.25) is 0 Å². The van der Waals surface area contributed by atoms with Crippen molar-refractivity contribution in [2.75, 3.05) is 54.4 Å². The summed E-state index contributed by atoms with van der Waals surface area (Å²) in [5.41, 5.74) is -1.59. The normalized spacial score (nSPS) is 21.8. The van der Waals surface area contributed by atoms with Crippen LogP contribution >= 0.6 is 0 Å². The van der Waals surface area contributed by atoms with Crippen molar-refractivity contribution in [1.29, 1.82) is 0 Å². The highest BCUT2D eigenvalue weighted by molar-refractivity contribution is 6.06. The lowest BCUT2D eigenvalue weighted by molar-refractivity contribution is -0.890. The van der Waals surface area contributed by atoms with E-state index in [1.807, 2.05) is 0 Å². The fraction of sp³-hybridized carbons (Fsp3) is 0.800. The summed E-state index contributed by atoms with van der Waals surface area (Å²) in [5, 5.41) is 0. The van der Waals surface area contributed by atoms with Gasteiger partial charge in [0.1, 0.15) is 11.1 Å². The maximum Gasteiger partial charge on any atom is 0.327 e. The Morgan fingerprint density at radius 1 is 0.690 bits per heavy atom. The van der Waals surface area contributed by atoms with Gasteiger partial charge >= 0.3 is 12.1 Å². The summed E-state index contributed by atoms with van der Waals surface area (Å²) in [6, 6.07) is -0.494. The molecular weight excluding hydrogens is 374 g/mol. The van der Waals surface area contributed by atoms with Crippen LogP contribution in [-0.2, 0) is 9.59 Å². The van der Waals surface area contributed by atoms with Crippen molar-refractivity contribution in [2.24, 2.45) is 0 Å². The van der Waals surface area contributed by atoms with Crippen LogP contribution < -0.4 is 0 Å². The summed E-state index contributed by atoms with van der Waals surface area (Å²) in [6.45, 7) is 9.40. The van der Waals surface area contributed by atoms with Gasteiger partial charge in [0, 0.05) is 40.0 Å². The summed E-state index contributed by atoms with van der Waals surface area (Å²) in [4.78, 5) is 55.1. The fourth-order valence-corrected chi connectivity index (χ4v) is 3.78. The number of carbonyl (C=O) groups excluding carboxylic acids is 4. The standard InChI is InChI=1S/C20H36N5O4/c1-19(2)15(26)23(17(28)21(19)5)11-9-13-25(7,8)14-10-12-24-16(27)20(3,4)22(6)18(24)29/h9-14H2,1-8H3/q+1. The average Bonchev–Trinajstić information content (AvgIpc) is 2.86. The van der Waals surface area contributed by atoms with Gasteiger partial charge in [-0.1, -0.05) is 0 Å². The molecule has 2 rings (SSSR count). The van der Waals surface area contributed by atoms with Crippen molar-refractivity contribution in [3.8, 4) is 0 Å². The molecule has 0 unspecified atom stereocenters. The number of nitrogens with zero attached hydrogens (tertiary/aromatic N) is 5. The molecule has 9 heteroatoms. The summed E-state index contributed by atoms with van der Waals surface area (Å²) < 4.78 is 0.685. The van der Waals surface area contributed by atoms with E-state index in [0.717, 1.165) is 13.1 Å². The Balaban J connectivity index is 1.81. The molecule has 6 amide bonds. The fourth-order valence-electron chi connectivity index (χ4n) is 3.78. The molecule has 0 spiro atoms. The number of hydrogen-bond donors (Lipinski definition) is 0. The monoisotopic (exact) mass is 410 g/mol. The SMILES string of the molecule is CN1C(=O)N(CCC[N+](C)(C)CCCN2C(=O)N(C)C(C)(C)C2=O)C(=O)C1(C)C. The highest BCUT2D eigenvalue weighted by atomic mass is 16.2. The second kappa shape index (κ2) is 7.59. The third-order valence-corrected chi connectivity index (χ3v) is 6.54. The van der Waals surface area contributed by atoms with Crippen LogP contribution in [0.1, 0.15) is 40.5 Å². The number of hydrogen-bond acceptors (Lipinski definition) is 4. The van der Waals surface area contributed by atoms with Gasteiger partial charge in [0.25, 0.3) is 11.8 Å².